The minimum absolute atomic E-state index is 0.0909. The van der Waals surface area contributed by atoms with Gasteiger partial charge in [0, 0.05) is 5.69 Å². The van der Waals surface area contributed by atoms with Gasteiger partial charge in [-0.3, -0.25) is 9.59 Å². The van der Waals surface area contributed by atoms with Crippen molar-refractivity contribution in [2.45, 2.75) is 38.4 Å². The van der Waals surface area contributed by atoms with Crippen LogP contribution in [0.2, 0.25) is 0 Å². The molecule has 0 spiro atoms. The molecule has 0 saturated heterocycles. The summed E-state index contributed by atoms with van der Waals surface area (Å²) in [6, 6.07) is 11.3. The van der Waals surface area contributed by atoms with Crippen molar-refractivity contribution in [2.75, 3.05) is 12.4 Å². The number of alkyl halides is 3. The lowest BCUT2D eigenvalue weighted by atomic mass is 9.87. The number of hydrogen-bond donors (Lipinski definition) is 2. The zero-order chi connectivity index (χ0) is 21.8. The Hall–Kier alpha value is -3.03. The van der Waals surface area contributed by atoms with Crippen LogP contribution in [0.5, 0.6) is 5.75 Å². The minimum Gasteiger partial charge on any atom is -0.497 e. The Labute approximate surface area is 167 Å². The number of rotatable bonds is 5. The Morgan fingerprint density at radius 2 is 1.62 bits per heavy atom. The number of anilines is 1. The summed E-state index contributed by atoms with van der Waals surface area (Å²) in [5.41, 5.74) is 1.50. The number of halogens is 3. The summed E-state index contributed by atoms with van der Waals surface area (Å²) >= 11 is 0. The summed E-state index contributed by atoms with van der Waals surface area (Å²) < 4.78 is 43.3. The number of methoxy groups -OCH3 is 1. The fourth-order valence-electron chi connectivity index (χ4n) is 2.60. The summed E-state index contributed by atoms with van der Waals surface area (Å²) in [6.07, 6.45) is -5.12. The van der Waals surface area contributed by atoms with Gasteiger partial charge in [0.2, 0.25) is 0 Å². The van der Waals surface area contributed by atoms with E-state index in [4.69, 9.17) is 4.74 Å². The molecule has 0 aromatic heterocycles. The Morgan fingerprint density at radius 3 is 2.14 bits per heavy atom. The third-order valence-corrected chi connectivity index (χ3v) is 4.24. The number of ether oxygens (including phenoxy) is 1. The smallest absolute Gasteiger partial charge is 0.471 e. The Kier molecular flexibility index (Phi) is 6.56. The third kappa shape index (κ3) is 5.97. The summed E-state index contributed by atoms with van der Waals surface area (Å²) in [6.45, 7) is 6.10. The van der Waals surface area contributed by atoms with Crippen molar-refractivity contribution in [1.82, 2.24) is 5.32 Å². The average molecular weight is 408 g/mol. The Balaban J connectivity index is 2.29. The molecule has 0 unspecified atom stereocenters. The van der Waals surface area contributed by atoms with Gasteiger partial charge in [-0.25, -0.2) is 0 Å². The maximum atomic E-state index is 12.7. The van der Waals surface area contributed by atoms with Crippen LogP contribution >= 0.6 is 0 Å². The second-order valence-electron chi connectivity index (χ2n) is 7.50. The summed E-state index contributed by atoms with van der Waals surface area (Å²) in [5.74, 6) is -2.67. The number of hydrogen-bond acceptors (Lipinski definition) is 3. The molecule has 0 saturated carbocycles. The van der Waals surface area contributed by atoms with E-state index in [9.17, 15) is 22.8 Å². The van der Waals surface area contributed by atoms with Crippen LogP contribution in [0.25, 0.3) is 0 Å². The SMILES string of the molecule is COc1cccc([C@H](NC(=O)C(F)(F)F)C(=O)Nc2ccc(C(C)(C)C)cc2)c1. The van der Waals surface area contributed by atoms with Crippen molar-refractivity contribution in [3.8, 4) is 5.75 Å². The van der Waals surface area contributed by atoms with Crippen LogP contribution in [0.3, 0.4) is 0 Å². The average Bonchev–Trinajstić information content (AvgIpc) is 2.64. The topological polar surface area (TPSA) is 67.4 Å². The molecule has 156 valence electrons. The van der Waals surface area contributed by atoms with Crippen molar-refractivity contribution >= 4 is 17.5 Å². The van der Waals surface area contributed by atoms with Crippen LogP contribution < -0.4 is 15.4 Å². The van der Waals surface area contributed by atoms with E-state index < -0.39 is 24.0 Å². The van der Waals surface area contributed by atoms with E-state index in [1.165, 1.54) is 25.3 Å². The Morgan fingerprint density at radius 1 is 1.00 bits per heavy atom. The van der Waals surface area contributed by atoms with Gasteiger partial charge in [-0.2, -0.15) is 13.2 Å². The quantitative estimate of drug-likeness (QED) is 0.773. The zero-order valence-corrected chi connectivity index (χ0v) is 16.6. The van der Waals surface area contributed by atoms with Gasteiger partial charge in [0.25, 0.3) is 5.91 Å². The third-order valence-electron chi connectivity index (χ3n) is 4.24. The molecule has 29 heavy (non-hydrogen) atoms. The van der Waals surface area contributed by atoms with Crippen molar-refractivity contribution in [2.24, 2.45) is 0 Å². The van der Waals surface area contributed by atoms with Crippen LogP contribution in [0.15, 0.2) is 48.5 Å². The first-order chi connectivity index (χ1) is 13.4. The monoisotopic (exact) mass is 408 g/mol. The first kappa shape index (κ1) is 22.3. The fourth-order valence-corrected chi connectivity index (χ4v) is 2.60. The van der Waals surface area contributed by atoms with E-state index in [1.807, 2.05) is 32.9 Å². The summed E-state index contributed by atoms with van der Waals surface area (Å²) in [4.78, 5) is 24.2. The first-order valence-electron chi connectivity index (χ1n) is 8.85. The van der Waals surface area contributed by atoms with E-state index in [0.717, 1.165) is 5.56 Å². The van der Waals surface area contributed by atoms with Crippen LogP contribution in [0, 0.1) is 0 Å². The highest BCUT2D eigenvalue weighted by Gasteiger charge is 2.41. The van der Waals surface area contributed by atoms with E-state index >= 15 is 0 Å². The fraction of sp³-hybridized carbons (Fsp3) is 0.333. The van der Waals surface area contributed by atoms with Crippen LogP contribution in [0.4, 0.5) is 18.9 Å². The maximum Gasteiger partial charge on any atom is 0.471 e. The molecule has 0 aliphatic rings. The van der Waals surface area contributed by atoms with Crippen LogP contribution in [0.1, 0.15) is 37.9 Å². The van der Waals surface area contributed by atoms with Crippen molar-refractivity contribution in [3.63, 3.8) is 0 Å². The molecule has 8 heteroatoms. The predicted molar refractivity (Wildman–Crippen MR) is 104 cm³/mol. The van der Waals surface area contributed by atoms with Gasteiger partial charge in [0.1, 0.15) is 11.8 Å². The lowest BCUT2D eigenvalue weighted by Crippen LogP contribution is -2.43. The molecule has 0 aliphatic heterocycles. The van der Waals surface area contributed by atoms with Gasteiger partial charge in [0.15, 0.2) is 0 Å². The molecule has 2 aromatic carbocycles. The highest BCUT2D eigenvalue weighted by atomic mass is 19.4. The molecular formula is C21H23F3N2O3. The standard InChI is InChI=1S/C21H23F3N2O3/c1-20(2,3)14-8-10-15(11-9-14)25-18(27)17(26-19(28)21(22,23)24)13-6-5-7-16(12-13)29-4/h5-12,17H,1-4H3,(H,25,27)(H,26,28)/t17-/m0/s1. The van der Waals surface area contributed by atoms with Gasteiger partial charge in [-0.15, -0.1) is 0 Å². The molecule has 2 amide bonds. The largest absolute Gasteiger partial charge is 0.497 e. The van der Waals surface area contributed by atoms with Crippen LogP contribution in [-0.2, 0) is 15.0 Å². The van der Waals surface area contributed by atoms with Crippen molar-refractivity contribution < 1.29 is 27.5 Å². The van der Waals surface area contributed by atoms with E-state index in [1.54, 1.807) is 23.5 Å². The summed E-state index contributed by atoms with van der Waals surface area (Å²) in [5, 5.41) is 4.30. The number of carbonyl (C=O) groups is 2. The number of benzene rings is 2. The normalized spacial score (nSPS) is 12.8. The number of nitrogens with one attached hydrogen (secondary N) is 2. The molecule has 2 rings (SSSR count). The van der Waals surface area contributed by atoms with E-state index in [0.29, 0.717) is 11.4 Å². The van der Waals surface area contributed by atoms with Crippen molar-refractivity contribution in [1.29, 1.82) is 0 Å². The molecule has 0 fully saturated rings. The molecule has 0 heterocycles. The lowest BCUT2D eigenvalue weighted by molar-refractivity contribution is -0.174. The second-order valence-corrected chi connectivity index (χ2v) is 7.50. The van der Waals surface area contributed by atoms with E-state index in [-0.39, 0.29) is 11.0 Å². The highest BCUT2D eigenvalue weighted by Crippen LogP contribution is 2.26. The van der Waals surface area contributed by atoms with Gasteiger partial charge in [-0.1, -0.05) is 45.0 Å². The predicted octanol–water partition coefficient (Wildman–Crippen LogP) is 4.35. The molecule has 0 bridgehead atoms. The van der Waals surface area contributed by atoms with Gasteiger partial charge in [0.05, 0.1) is 7.11 Å². The van der Waals surface area contributed by atoms with Crippen molar-refractivity contribution in [3.05, 3.63) is 59.7 Å². The highest BCUT2D eigenvalue weighted by molar-refractivity contribution is 5.98. The summed E-state index contributed by atoms with van der Waals surface area (Å²) in [7, 11) is 1.39. The number of amides is 2. The van der Waals surface area contributed by atoms with Gasteiger partial charge < -0.3 is 15.4 Å². The van der Waals surface area contributed by atoms with Gasteiger partial charge >= 0.3 is 12.1 Å². The second kappa shape index (κ2) is 8.55. The molecule has 0 radical (unpaired) electrons. The van der Waals surface area contributed by atoms with E-state index in [2.05, 4.69) is 5.32 Å². The zero-order valence-electron chi connectivity index (χ0n) is 16.6. The number of carbonyl (C=O) groups excluding carboxylic acids is 2. The molecule has 0 aliphatic carbocycles. The Bertz CT molecular complexity index is 872. The van der Waals surface area contributed by atoms with Gasteiger partial charge in [-0.05, 0) is 40.8 Å². The molecular weight excluding hydrogens is 385 g/mol. The molecule has 2 N–H and O–H groups in total. The maximum absolute atomic E-state index is 12.7. The minimum atomic E-state index is -5.12. The first-order valence-corrected chi connectivity index (χ1v) is 8.85. The molecule has 1 atom stereocenters. The van der Waals surface area contributed by atoms with Crippen LogP contribution in [-0.4, -0.2) is 25.1 Å². The lowest BCUT2D eigenvalue weighted by Gasteiger charge is -2.21. The molecule has 5 nitrogen and oxygen atoms in total. The molecule has 2 aromatic rings.